The normalized spacial score (nSPS) is 10.3. The quantitative estimate of drug-likeness (QED) is 0.937. The second kappa shape index (κ2) is 5.37. The van der Waals surface area contributed by atoms with E-state index in [1.54, 1.807) is 12.3 Å². The lowest BCUT2D eigenvalue weighted by Crippen LogP contribution is -2.18. The number of nitrogens with zero attached hydrogens (tertiary/aromatic N) is 2. The molecule has 0 bridgehead atoms. The summed E-state index contributed by atoms with van der Waals surface area (Å²) in [6.07, 6.45) is 1.58. The first-order chi connectivity index (χ1) is 8.56. The van der Waals surface area contributed by atoms with Gasteiger partial charge in [0.2, 0.25) is 0 Å². The molecule has 2 aromatic rings. The minimum atomic E-state index is -0.524. The van der Waals surface area contributed by atoms with Crippen molar-refractivity contribution in [2.24, 2.45) is 5.73 Å². The summed E-state index contributed by atoms with van der Waals surface area (Å²) in [6.45, 7) is 0.722. The minimum Gasteiger partial charge on any atom is -0.369 e. The summed E-state index contributed by atoms with van der Waals surface area (Å²) in [6, 6.07) is 7.37. The molecule has 0 saturated carbocycles. The maximum Gasteiger partial charge on any atom is 0.267 e. The number of pyridine rings is 1. The molecule has 0 saturated heterocycles. The standard InChI is InChI=1S/C12H12ClN3OS/c1-16(7-9-2-3-11(13)18-9)8-4-5-15-10(6-8)12(14)17/h2-6H,7H2,1H3,(H2,14,17). The van der Waals surface area contributed by atoms with Gasteiger partial charge in [0, 0.05) is 23.8 Å². The van der Waals surface area contributed by atoms with Gasteiger partial charge in [-0.2, -0.15) is 0 Å². The van der Waals surface area contributed by atoms with E-state index in [0.717, 1.165) is 21.4 Å². The fourth-order valence-corrected chi connectivity index (χ4v) is 2.69. The van der Waals surface area contributed by atoms with Crippen LogP contribution in [-0.4, -0.2) is 17.9 Å². The highest BCUT2D eigenvalue weighted by Gasteiger charge is 2.08. The SMILES string of the molecule is CN(Cc1ccc(Cl)s1)c1ccnc(C(N)=O)c1. The zero-order chi connectivity index (χ0) is 13.1. The molecule has 0 fully saturated rings. The molecule has 2 aromatic heterocycles. The molecular weight excluding hydrogens is 270 g/mol. The average molecular weight is 282 g/mol. The van der Waals surface area contributed by atoms with E-state index >= 15 is 0 Å². The van der Waals surface area contributed by atoms with E-state index in [9.17, 15) is 4.79 Å². The number of carbonyl (C=O) groups is 1. The van der Waals surface area contributed by atoms with Crippen molar-refractivity contribution in [3.63, 3.8) is 0 Å². The van der Waals surface area contributed by atoms with Crippen LogP contribution in [0.15, 0.2) is 30.5 Å². The van der Waals surface area contributed by atoms with Crippen LogP contribution in [0.1, 0.15) is 15.4 Å². The first-order valence-corrected chi connectivity index (χ1v) is 6.47. The summed E-state index contributed by atoms with van der Waals surface area (Å²) in [5.74, 6) is -0.524. The lowest BCUT2D eigenvalue weighted by atomic mass is 10.3. The largest absolute Gasteiger partial charge is 0.369 e. The summed E-state index contributed by atoms with van der Waals surface area (Å²) in [5, 5.41) is 0. The Morgan fingerprint density at radius 3 is 2.89 bits per heavy atom. The summed E-state index contributed by atoms with van der Waals surface area (Å²) < 4.78 is 0.769. The number of hydrogen-bond acceptors (Lipinski definition) is 4. The summed E-state index contributed by atoms with van der Waals surface area (Å²) >= 11 is 7.42. The molecule has 94 valence electrons. The van der Waals surface area contributed by atoms with Crippen molar-refractivity contribution in [2.45, 2.75) is 6.54 Å². The van der Waals surface area contributed by atoms with Crippen molar-refractivity contribution in [2.75, 3.05) is 11.9 Å². The predicted octanol–water partition coefficient (Wildman–Crippen LogP) is 2.53. The van der Waals surface area contributed by atoms with Crippen LogP contribution in [0.5, 0.6) is 0 Å². The molecule has 18 heavy (non-hydrogen) atoms. The van der Waals surface area contributed by atoms with E-state index < -0.39 is 5.91 Å². The molecule has 0 atom stereocenters. The Morgan fingerprint density at radius 2 is 2.28 bits per heavy atom. The molecule has 0 aromatic carbocycles. The number of anilines is 1. The van der Waals surface area contributed by atoms with Gasteiger partial charge in [-0.3, -0.25) is 9.78 Å². The van der Waals surface area contributed by atoms with Crippen molar-refractivity contribution in [1.82, 2.24) is 4.98 Å². The van der Waals surface area contributed by atoms with Crippen molar-refractivity contribution in [3.05, 3.63) is 45.4 Å². The number of primary amides is 1. The van der Waals surface area contributed by atoms with Crippen LogP contribution in [0, 0.1) is 0 Å². The average Bonchev–Trinajstić information content (AvgIpc) is 2.75. The third-order valence-corrected chi connectivity index (χ3v) is 3.67. The Bertz CT molecular complexity index is 570. The first kappa shape index (κ1) is 12.9. The van der Waals surface area contributed by atoms with Gasteiger partial charge in [-0.1, -0.05) is 11.6 Å². The smallest absolute Gasteiger partial charge is 0.267 e. The van der Waals surface area contributed by atoms with E-state index in [0.29, 0.717) is 0 Å². The van der Waals surface area contributed by atoms with Crippen LogP contribution in [0.2, 0.25) is 4.34 Å². The van der Waals surface area contributed by atoms with Crippen molar-refractivity contribution < 1.29 is 4.79 Å². The molecule has 2 heterocycles. The van der Waals surface area contributed by atoms with Gasteiger partial charge in [0.05, 0.1) is 10.9 Å². The zero-order valence-corrected chi connectivity index (χ0v) is 11.3. The number of rotatable bonds is 4. The number of aromatic nitrogens is 1. The first-order valence-electron chi connectivity index (χ1n) is 5.27. The van der Waals surface area contributed by atoms with Crippen LogP contribution in [-0.2, 0) is 6.54 Å². The van der Waals surface area contributed by atoms with E-state index in [1.807, 2.05) is 30.1 Å². The zero-order valence-electron chi connectivity index (χ0n) is 9.76. The molecule has 0 aliphatic rings. The third kappa shape index (κ3) is 3.00. The fraction of sp³-hybridized carbons (Fsp3) is 0.167. The molecule has 0 aliphatic carbocycles. The molecule has 1 amide bonds. The van der Waals surface area contributed by atoms with Crippen molar-refractivity contribution in [3.8, 4) is 0 Å². The molecule has 0 unspecified atom stereocenters. The molecule has 4 nitrogen and oxygen atoms in total. The van der Waals surface area contributed by atoms with Crippen LogP contribution in [0.4, 0.5) is 5.69 Å². The second-order valence-electron chi connectivity index (χ2n) is 3.83. The monoisotopic (exact) mass is 281 g/mol. The van der Waals surface area contributed by atoms with Gasteiger partial charge in [0.25, 0.3) is 5.91 Å². The van der Waals surface area contributed by atoms with E-state index in [2.05, 4.69) is 4.98 Å². The van der Waals surface area contributed by atoms with Crippen molar-refractivity contribution >= 4 is 34.5 Å². The van der Waals surface area contributed by atoms with Gasteiger partial charge in [-0.25, -0.2) is 0 Å². The third-order valence-electron chi connectivity index (χ3n) is 2.46. The van der Waals surface area contributed by atoms with E-state index in [-0.39, 0.29) is 5.69 Å². The second-order valence-corrected chi connectivity index (χ2v) is 5.63. The Kier molecular flexibility index (Phi) is 3.84. The highest BCUT2D eigenvalue weighted by molar-refractivity contribution is 7.16. The molecule has 2 N–H and O–H groups in total. The highest BCUT2D eigenvalue weighted by atomic mass is 35.5. The van der Waals surface area contributed by atoms with Crippen molar-refractivity contribution in [1.29, 1.82) is 0 Å². The van der Waals surface area contributed by atoms with Gasteiger partial charge < -0.3 is 10.6 Å². The summed E-state index contributed by atoms with van der Waals surface area (Å²) in [4.78, 5) is 18.1. The molecule has 2 rings (SSSR count). The van der Waals surface area contributed by atoms with Gasteiger partial charge in [0.1, 0.15) is 5.69 Å². The Balaban J connectivity index is 2.15. The number of thiophene rings is 1. The van der Waals surface area contributed by atoms with Gasteiger partial charge >= 0.3 is 0 Å². The van der Waals surface area contributed by atoms with E-state index in [1.165, 1.54) is 11.3 Å². The maximum atomic E-state index is 11.1. The number of carbonyl (C=O) groups excluding carboxylic acids is 1. The Morgan fingerprint density at radius 1 is 1.50 bits per heavy atom. The number of nitrogens with two attached hydrogens (primary N) is 1. The summed E-state index contributed by atoms with van der Waals surface area (Å²) in [5.41, 5.74) is 6.36. The van der Waals surface area contributed by atoms with Gasteiger partial charge in [-0.15, -0.1) is 11.3 Å². The Labute approximate surface area is 114 Å². The van der Waals surface area contributed by atoms with Crippen LogP contribution < -0.4 is 10.6 Å². The molecule has 6 heteroatoms. The van der Waals surface area contributed by atoms with Crippen LogP contribution in [0.25, 0.3) is 0 Å². The lowest BCUT2D eigenvalue weighted by Gasteiger charge is -2.18. The van der Waals surface area contributed by atoms with E-state index in [4.69, 9.17) is 17.3 Å². The predicted molar refractivity (Wildman–Crippen MR) is 74.2 cm³/mol. The molecule has 0 spiro atoms. The van der Waals surface area contributed by atoms with Gasteiger partial charge in [-0.05, 0) is 24.3 Å². The lowest BCUT2D eigenvalue weighted by molar-refractivity contribution is 0.0995. The number of hydrogen-bond donors (Lipinski definition) is 1. The highest BCUT2D eigenvalue weighted by Crippen LogP contribution is 2.24. The summed E-state index contributed by atoms with van der Waals surface area (Å²) in [7, 11) is 1.94. The van der Waals surface area contributed by atoms with Crippen LogP contribution in [0.3, 0.4) is 0 Å². The van der Waals surface area contributed by atoms with Gasteiger partial charge in [0.15, 0.2) is 0 Å². The molecule has 0 radical (unpaired) electrons. The number of amides is 1. The minimum absolute atomic E-state index is 0.267. The fourth-order valence-electron chi connectivity index (χ4n) is 1.55. The maximum absolute atomic E-state index is 11.1. The number of halogens is 1. The van der Waals surface area contributed by atoms with Crippen LogP contribution >= 0.6 is 22.9 Å². The molecular formula is C12H12ClN3OS. The molecule has 0 aliphatic heterocycles. The topological polar surface area (TPSA) is 59.2 Å². The Hall–Kier alpha value is -1.59.